The van der Waals surface area contributed by atoms with Gasteiger partial charge in [-0.15, -0.1) is 0 Å². The second-order valence-electron chi connectivity index (χ2n) is 6.05. The number of pyridine rings is 1. The van der Waals surface area contributed by atoms with Gasteiger partial charge in [-0.25, -0.2) is 9.37 Å². The van der Waals surface area contributed by atoms with Crippen molar-refractivity contribution in [2.24, 2.45) is 0 Å². The minimum Gasteiger partial charge on any atom is -0.435 e. The van der Waals surface area contributed by atoms with Crippen LogP contribution in [-0.4, -0.2) is 25.0 Å². The monoisotopic (exact) mass is 419 g/mol. The lowest BCUT2D eigenvalue weighted by Gasteiger charge is -2.15. The molecule has 5 nitrogen and oxygen atoms in total. The second-order valence-corrected chi connectivity index (χ2v) is 6.90. The van der Waals surface area contributed by atoms with Gasteiger partial charge >= 0.3 is 0 Å². The molecule has 0 radical (unpaired) electrons. The highest BCUT2D eigenvalue weighted by Crippen LogP contribution is 2.33. The van der Waals surface area contributed by atoms with Gasteiger partial charge in [0.05, 0.1) is 16.4 Å². The number of hydrogen-bond donors (Lipinski definition) is 1. The van der Waals surface area contributed by atoms with Gasteiger partial charge in [-0.2, -0.15) is 0 Å². The molecule has 0 saturated heterocycles. The second kappa shape index (κ2) is 8.46. The molecule has 1 N–H and O–H groups in total. The molecule has 2 aromatic carbocycles. The first-order valence-electron chi connectivity index (χ1n) is 8.21. The summed E-state index contributed by atoms with van der Waals surface area (Å²) in [7, 11) is 3.45. The Kier molecular flexibility index (Phi) is 6.02. The Morgan fingerprint density at radius 2 is 1.89 bits per heavy atom. The molecule has 8 heteroatoms. The molecule has 0 aliphatic rings. The van der Waals surface area contributed by atoms with E-state index in [4.69, 9.17) is 27.9 Å². The number of hydrogen-bond acceptors (Lipinski definition) is 4. The molecular formula is C20H16Cl2FN3O2. The summed E-state index contributed by atoms with van der Waals surface area (Å²) < 4.78 is 19.9. The van der Waals surface area contributed by atoms with Crippen LogP contribution in [0.3, 0.4) is 0 Å². The zero-order valence-electron chi connectivity index (χ0n) is 15.0. The van der Waals surface area contributed by atoms with Crippen molar-refractivity contribution in [3.05, 3.63) is 76.2 Å². The van der Waals surface area contributed by atoms with E-state index in [-0.39, 0.29) is 16.5 Å². The van der Waals surface area contributed by atoms with E-state index in [9.17, 15) is 9.18 Å². The fourth-order valence-electron chi connectivity index (χ4n) is 2.45. The van der Waals surface area contributed by atoms with E-state index in [0.717, 1.165) is 0 Å². The molecule has 0 saturated carbocycles. The van der Waals surface area contributed by atoms with Crippen molar-refractivity contribution in [3.8, 4) is 11.6 Å². The molecule has 1 heterocycles. The fourth-order valence-corrected chi connectivity index (χ4v) is 2.86. The Hall–Kier alpha value is -2.83. The number of carbonyl (C=O) groups excluding carboxylic acids is 1. The first-order chi connectivity index (χ1) is 13.3. The molecule has 1 aromatic heterocycles. The van der Waals surface area contributed by atoms with Crippen molar-refractivity contribution in [3.63, 3.8) is 0 Å². The minimum atomic E-state index is -0.487. The van der Waals surface area contributed by atoms with E-state index in [1.807, 2.05) is 0 Å². The summed E-state index contributed by atoms with van der Waals surface area (Å²) in [5, 5.41) is 3.32. The van der Waals surface area contributed by atoms with Crippen LogP contribution >= 0.6 is 23.2 Å². The summed E-state index contributed by atoms with van der Waals surface area (Å²) in [5.41, 5.74) is 0.960. The van der Waals surface area contributed by atoms with Gasteiger partial charge in [0, 0.05) is 25.9 Å². The minimum absolute atomic E-state index is 0.147. The number of amides is 1. The third-order valence-electron chi connectivity index (χ3n) is 3.81. The fraction of sp³-hybridized carbons (Fsp3) is 0.100. The average molecular weight is 420 g/mol. The van der Waals surface area contributed by atoms with Gasteiger partial charge in [-0.05, 0) is 36.4 Å². The first kappa shape index (κ1) is 19.9. The van der Waals surface area contributed by atoms with Crippen molar-refractivity contribution in [2.45, 2.75) is 0 Å². The summed E-state index contributed by atoms with van der Waals surface area (Å²) >= 11 is 11.9. The lowest BCUT2D eigenvalue weighted by molar-refractivity contribution is 0.102. The molecule has 0 fully saturated rings. The van der Waals surface area contributed by atoms with E-state index in [2.05, 4.69) is 10.3 Å². The zero-order chi connectivity index (χ0) is 20.3. The summed E-state index contributed by atoms with van der Waals surface area (Å²) in [6.45, 7) is 0. The number of anilines is 2. The number of rotatable bonds is 5. The number of nitrogens with one attached hydrogen (secondary N) is 1. The molecule has 1 amide bonds. The van der Waals surface area contributed by atoms with Crippen LogP contribution in [-0.2, 0) is 0 Å². The smallest absolute Gasteiger partial charge is 0.255 e. The molecule has 0 bridgehead atoms. The maximum absolute atomic E-state index is 14.2. The van der Waals surface area contributed by atoms with Gasteiger partial charge in [0.1, 0.15) is 10.8 Å². The normalized spacial score (nSPS) is 10.5. The average Bonchev–Trinajstić information content (AvgIpc) is 2.65. The molecule has 0 atom stereocenters. The van der Waals surface area contributed by atoms with Gasteiger partial charge < -0.3 is 15.0 Å². The summed E-state index contributed by atoms with van der Waals surface area (Å²) in [6.07, 6.45) is 1.40. The molecule has 144 valence electrons. The van der Waals surface area contributed by atoms with Gasteiger partial charge in [0.2, 0.25) is 5.88 Å². The maximum Gasteiger partial charge on any atom is 0.255 e. The van der Waals surface area contributed by atoms with Crippen LogP contribution in [0.15, 0.2) is 54.7 Å². The molecule has 3 aromatic rings. The molecular weight excluding hydrogens is 404 g/mol. The Morgan fingerprint density at radius 3 is 2.57 bits per heavy atom. The highest BCUT2D eigenvalue weighted by atomic mass is 35.5. The van der Waals surface area contributed by atoms with E-state index in [0.29, 0.717) is 22.1 Å². The number of carbonyl (C=O) groups is 1. The van der Waals surface area contributed by atoms with Crippen LogP contribution in [0.1, 0.15) is 10.4 Å². The number of aromatic nitrogens is 1. The van der Waals surface area contributed by atoms with Gasteiger partial charge in [0.15, 0.2) is 5.75 Å². The Bertz CT molecular complexity index is 1030. The van der Waals surface area contributed by atoms with E-state index in [1.165, 1.54) is 18.3 Å². The van der Waals surface area contributed by atoms with Crippen LogP contribution in [0.4, 0.5) is 15.8 Å². The largest absolute Gasteiger partial charge is 0.435 e. The van der Waals surface area contributed by atoms with Crippen molar-refractivity contribution in [2.75, 3.05) is 24.3 Å². The summed E-state index contributed by atoms with van der Waals surface area (Å²) in [6, 6.07) is 12.6. The van der Waals surface area contributed by atoms with Gasteiger partial charge in [-0.3, -0.25) is 4.79 Å². The van der Waals surface area contributed by atoms with Crippen molar-refractivity contribution < 1.29 is 13.9 Å². The van der Waals surface area contributed by atoms with E-state index in [1.54, 1.807) is 55.4 Å². The predicted molar refractivity (Wildman–Crippen MR) is 109 cm³/mol. The summed E-state index contributed by atoms with van der Waals surface area (Å²) in [5.74, 6) is -0.484. The number of benzene rings is 2. The number of halogens is 3. The Balaban J connectivity index is 1.83. The highest BCUT2D eigenvalue weighted by molar-refractivity contribution is 6.35. The molecule has 0 spiro atoms. The van der Waals surface area contributed by atoms with Crippen molar-refractivity contribution >= 4 is 40.5 Å². The number of para-hydroxylation sites is 2. The quantitative estimate of drug-likeness (QED) is 0.581. The van der Waals surface area contributed by atoms with Crippen LogP contribution in [0.2, 0.25) is 10.0 Å². The van der Waals surface area contributed by atoms with Crippen LogP contribution in [0.5, 0.6) is 11.6 Å². The highest BCUT2D eigenvalue weighted by Gasteiger charge is 2.14. The Morgan fingerprint density at radius 1 is 1.14 bits per heavy atom. The molecule has 0 aliphatic carbocycles. The molecule has 3 rings (SSSR count). The van der Waals surface area contributed by atoms with Crippen molar-refractivity contribution in [1.82, 2.24) is 4.98 Å². The topological polar surface area (TPSA) is 54.5 Å². The number of nitrogens with zero attached hydrogens (tertiary/aromatic N) is 2. The van der Waals surface area contributed by atoms with Gasteiger partial charge in [0.25, 0.3) is 5.91 Å². The zero-order valence-corrected chi connectivity index (χ0v) is 16.6. The van der Waals surface area contributed by atoms with Gasteiger partial charge in [-0.1, -0.05) is 35.3 Å². The van der Waals surface area contributed by atoms with Crippen molar-refractivity contribution in [1.29, 1.82) is 0 Å². The van der Waals surface area contributed by atoms with E-state index >= 15 is 0 Å². The Labute approximate surface area is 171 Å². The lowest BCUT2D eigenvalue weighted by Crippen LogP contribution is -2.15. The number of ether oxygens (including phenoxy) is 1. The van der Waals surface area contributed by atoms with Crippen LogP contribution in [0.25, 0.3) is 0 Å². The molecule has 0 unspecified atom stereocenters. The van der Waals surface area contributed by atoms with Crippen LogP contribution < -0.4 is 15.0 Å². The first-order valence-corrected chi connectivity index (χ1v) is 8.97. The lowest BCUT2D eigenvalue weighted by atomic mass is 10.1. The predicted octanol–water partition coefficient (Wildman–Crippen LogP) is 5.64. The SMILES string of the molecule is CN(C)c1ccc(C(=O)Nc2ccccc2Oc2ncc(Cl)cc2Cl)cc1F. The molecule has 0 aliphatic heterocycles. The standard InChI is InChI=1S/C20H16Cl2FN3O2/c1-26(2)17-8-7-12(9-15(17)23)19(27)25-16-5-3-4-6-18(16)28-20-14(22)10-13(21)11-24-20/h3-11H,1-2H3,(H,25,27). The third kappa shape index (κ3) is 4.52. The third-order valence-corrected chi connectivity index (χ3v) is 4.29. The summed E-state index contributed by atoms with van der Waals surface area (Å²) in [4.78, 5) is 18.2. The van der Waals surface area contributed by atoms with E-state index < -0.39 is 11.7 Å². The maximum atomic E-state index is 14.2. The molecule has 28 heavy (non-hydrogen) atoms. The van der Waals surface area contributed by atoms with Crippen LogP contribution in [0, 0.1) is 5.82 Å².